The molecule has 0 aliphatic heterocycles. The number of hydrogen-bond donors (Lipinski definition) is 0. The first kappa shape index (κ1) is 19.0. The Labute approximate surface area is 167 Å². The van der Waals surface area contributed by atoms with E-state index in [2.05, 4.69) is 6.07 Å². The maximum absolute atomic E-state index is 11.9. The normalized spacial score (nSPS) is 11.4. The van der Waals surface area contributed by atoms with Crippen molar-refractivity contribution in [2.75, 3.05) is 6.61 Å². The fourth-order valence-corrected chi connectivity index (χ4v) is 3.16. The van der Waals surface area contributed by atoms with Crippen LogP contribution in [0.15, 0.2) is 48.7 Å². The zero-order valence-corrected chi connectivity index (χ0v) is 16.1. The number of para-hydroxylation sites is 1. The molecule has 0 amide bonds. The molecule has 0 aliphatic rings. The first-order valence-electron chi connectivity index (χ1n) is 8.34. The summed E-state index contributed by atoms with van der Waals surface area (Å²) < 4.78 is 6.87. The van der Waals surface area contributed by atoms with Gasteiger partial charge in [0.1, 0.15) is 6.54 Å². The fraction of sp³-hybridized carbons (Fsp3) is 0.143. The van der Waals surface area contributed by atoms with E-state index in [-0.39, 0.29) is 12.5 Å². The average molecular weight is 399 g/mol. The number of hydrogen-bond acceptors (Lipinski definition) is 3. The standard InChI is InChI=1S/C21H16Cl2N2O2/c1-2-27-21(26)13-25-12-16(17-5-3-4-6-20(17)25)9-15(11-24)14-7-8-18(22)19(23)10-14/h3-10,12H,2,13H2,1H3/b15-9+. The number of allylic oxidation sites excluding steroid dienone is 1. The van der Waals surface area contributed by atoms with Crippen LogP contribution in [0.25, 0.3) is 22.6 Å². The van der Waals surface area contributed by atoms with Crippen LogP contribution in [-0.4, -0.2) is 17.1 Å². The van der Waals surface area contributed by atoms with Crippen molar-refractivity contribution in [3.8, 4) is 6.07 Å². The number of aromatic nitrogens is 1. The topological polar surface area (TPSA) is 55.0 Å². The summed E-state index contributed by atoms with van der Waals surface area (Å²) in [6.07, 6.45) is 3.63. The molecule has 27 heavy (non-hydrogen) atoms. The number of benzene rings is 2. The molecule has 3 aromatic rings. The van der Waals surface area contributed by atoms with E-state index in [0.29, 0.717) is 27.8 Å². The number of esters is 1. The Hall–Kier alpha value is -2.74. The molecule has 0 spiro atoms. The van der Waals surface area contributed by atoms with E-state index in [0.717, 1.165) is 16.5 Å². The van der Waals surface area contributed by atoms with E-state index in [4.69, 9.17) is 27.9 Å². The molecule has 3 rings (SSSR count). The molecule has 4 nitrogen and oxygen atoms in total. The molecule has 0 unspecified atom stereocenters. The molecule has 136 valence electrons. The molecule has 1 aromatic heterocycles. The zero-order valence-electron chi connectivity index (χ0n) is 14.6. The molecule has 0 aliphatic carbocycles. The molecular formula is C21H16Cl2N2O2. The number of nitrogens with zero attached hydrogens (tertiary/aromatic N) is 2. The Bertz CT molecular complexity index is 1080. The maximum atomic E-state index is 11.9. The van der Waals surface area contributed by atoms with Gasteiger partial charge in [-0.2, -0.15) is 5.26 Å². The summed E-state index contributed by atoms with van der Waals surface area (Å²) in [4.78, 5) is 11.9. The predicted molar refractivity (Wildman–Crippen MR) is 109 cm³/mol. The third kappa shape index (κ3) is 4.16. The van der Waals surface area contributed by atoms with E-state index in [1.165, 1.54) is 0 Å². The molecule has 0 N–H and O–H groups in total. The van der Waals surface area contributed by atoms with Crippen molar-refractivity contribution in [2.24, 2.45) is 0 Å². The Morgan fingerprint density at radius 2 is 2.00 bits per heavy atom. The molecule has 6 heteroatoms. The van der Waals surface area contributed by atoms with Crippen LogP contribution in [-0.2, 0) is 16.1 Å². The van der Waals surface area contributed by atoms with E-state index < -0.39 is 0 Å². The van der Waals surface area contributed by atoms with Crippen molar-refractivity contribution < 1.29 is 9.53 Å². The van der Waals surface area contributed by atoms with Crippen LogP contribution in [0.3, 0.4) is 0 Å². The summed E-state index contributed by atoms with van der Waals surface area (Å²) in [6.45, 7) is 2.22. The highest BCUT2D eigenvalue weighted by atomic mass is 35.5. The molecule has 0 radical (unpaired) electrons. The first-order chi connectivity index (χ1) is 13.0. The summed E-state index contributed by atoms with van der Waals surface area (Å²) in [5, 5.41) is 11.4. The third-order valence-corrected chi connectivity index (χ3v) is 4.81. The lowest BCUT2D eigenvalue weighted by Crippen LogP contribution is -2.12. The van der Waals surface area contributed by atoms with Crippen molar-refractivity contribution >= 4 is 51.7 Å². The molecule has 0 fully saturated rings. The zero-order chi connectivity index (χ0) is 19.4. The highest BCUT2D eigenvalue weighted by Crippen LogP contribution is 2.29. The van der Waals surface area contributed by atoms with E-state index >= 15 is 0 Å². The smallest absolute Gasteiger partial charge is 0.325 e. The lowest BCUT2D eigenvalue weighted by atomic mass is 10.0. The average Bonchev–Trinajstić information content (AvgIpc) is 3.00. The number of carbonyl (C=O) groups excluding carboxylic acids is 1. The van der Waals surface area contributed by atoms with Crippen LogP contribution >= 0.6 is 23.2 Å². The van der Waals surface area contributed by atoms with Gasteiger partial charge in [0.2, 0.25) is 0 Å². The van der Waals surface area contributed by atoms with Crippen molar-refractivity contribution in [3.63, 3.8) is 0 Å². The summed E-state index contributed by atoms with van der Waals surface area (Å²) in [7, 11) is 0. The van der Waals surface area contributed by atoms with Crippen LogP contribution in [0.1, 0.15) is 18.1 Å². The van der Waals surface area contributed by atoms with Crippen LogP contribution < -0.4 is 0 Å². The summed E-state index contributed by atoms with van der Waals surface area (Å²) in [5.41, 5.74) is 2.85. The third-order valence-electron chi connectivity index (χ3n) is 4.08. The van der Waals surface area contributed by atoms with Gasteiger partial charge < -0.3 is 9.30 Å². The van der Waals surface area contributed by atoms with Gasteiger partial charge in [0.15, 0.2) is 0 Å². The molecule has 0 saturated heterocycles. The van der Waals surface area contributed by atoms with Gasteiger partial charge in [-0.1, -0.05) is 47.5 Å². The van der Waals surface area contributed by atoms with Crippen LogP contribution in [0.4, 0.5) is 0 Å². The van der Waals surface area contributed by atoms with E-state index in [1.807, 2.05) is 35.0 Å². The Kier molecular flexibility index (Phi) is 5.85. The first-order valence-corrected chi connectivity index (χ1v) is 9.09. The Morgan fingerprint density at radius 1 is 1.22 bits per heavy atom. The molecule has 0 saturated carbocycles. The van der Waals surface area contributed by atoms with Crippen molar-refractivity contribution in [2.45, 2.75) is 13.5 Å². The van der Waals surface area contributed by atoms with Gasteiger partial charge >= 0.3 is 5.97 Å². The Morgan fingerprint density at radius 3 is 2.70 bits per heavy atom. The van der Waals surface area contributed by atoms with Gasteiger partial charge in [-0.25, -0.2) is 0 Å². The Balaban J connectivity index is 2.07. The van der Waals surface area contributed by atoms with Gasteiger partial charge in [0, 0.05) is 22.7 Å². The SMILES string of the molecule is CCOC(=O)Cn1cc(/C=C(\C#N)c2ccc(Cl)c(Cl)c2)c2ccccc21. The van der Waals surface area contributed by atoms with E-state index in [9.17, 15) is 10.1 Å². The number of fused-ring (bicyclic) bond motifs is 1. The lowest BCUT2D eigenvalue weighted by molar-refractivity contribution is -0.143. The summed E-state index contributed by atoms with van der Waals surface area (Å²) in [6, 6.07) is 15.0. The minimum Gasteiger partial charge on any atom is -0.465 e. The molecular weight excluding hydrogens is 383 g/mol. The second-order valence-electron chi connectivity index (χ2n) is 5.83. The lowest BCUT2D eigenvalue weighted by Gasteiger charge is -2.04. The quantitative estimate of drug-likeness (QED) is 0.416. The molecule has 1 heterocycles. The summed E-state index contributed by atoms with van der Waals surface area (Å²) >= 11 is 12.0. The van der Waals surface area contributed by atoms with Crippen molar-refractivity contribution in [1.82, 2.24) is 4.57 Å². The van der Waals surface area contributed by atoms with Crippen molar-refractivity contribution in [3.05, 3.63) is 69.8 Å². The van der Waals surface area contributed by atoms with Gasteiger partial charge in [-0.05, 0) is 36.8 Å². The minimum atomic E-state index is -0.307. The monoisotopic (exact) mass is 398 g/mol. The van der Waals surface area contributed by atoms with Crippen LogP contribution in [0.5, 0.6) is 0 Å². The van der Waals surface area contributed by atoms with Crippen LogP contribution in [0, 0.1) is 11.3 Å². The molecule has 2 aromatic carbocycles. The van der Waals surface area contributed by atoms with Crippen molar-refractivity contribution in [1.29, 1.82) is 5.26 Å². The minimum absolute atomic E-state index is 0.108. The van der Waals surface area contributed by atoms with Gasteiger partial charge in [0.25, 0.3) is 0 Å². The summed E-state index contributed by atoms with van der Waals surface area (Å²) in [5.74, 6) is -0.307. The highest BCUT2D eigenvalue weighted by Gasteiger charge is 2.12. The highest BCUT2D eigenvalue weighted by molar-refractivity contribution is 6.42. The van der Waals surface area contributed by atoms with Crippen LogP contribution in [0.2, 0.25) is 10.0 Å². The van der Waals surface area contributed by atoms with E-state index in [1.54, 1.807) is 31.2 Å². The number of ether oxygens (including phenoxy) is 1. The molecule has 0 bridgehead atoms. The fourth-order valence-electron chi connectivity index (χ4n) is 2.87. The number of carbonyl (C=O) groups is 1. The maximum Gasteiger partial charge on any atom is 0.325 e. The molecule has 0 atom stereocenters. The predicted octanol–water partition coefficient (Wildman–Crippen LogP) is 5.58. The second-order valence-corrected chi connectivity index (χ2v) is 6.65. The van der Waals surface area contributed by atoms with Gasteiger partial charge in [0.05, 0.1) is 28.3 Å². The number of halogens is 2. The number of nitriles is 1. The number of rotatable bonds is 5. The van der Waals surface area contributed by atoms with Gasteiger partial charge in [-0.3, -0.25) is 4.79 Å². The van der Waals surface area contributed by atoms with Gasteiger partial charge in [-0.15, -0.1) is 0 Å². The second kappa shape index (κ2) is 8.30. The largest absolute Gasteiger partial charge is 0.465 e.